The van der Waals surface area contributed by atoms with Crippen molar-refractivity contribution in [2.24, 2.45) is 0 Å². The number of carbonyl (C=O) groups is 1. The van der Waals surface area contributed by atoms with E-state index in [9.17, 15) is 20.1 Å². The van der Waals surface area contributed by atoms with Crippen LogP contribution in [0.25, 0.3) is 0 Å². The van der Waals surface area contributed by atoms with Crippen molar-refractivity contribution in [3.63, 3.8) is 0 Å². The van der Waals surface area contributed by atoms with Gasteiger partial charge in [0.2, 0.25) is 0 Å². The SMILES string of the molecule is CN1CC[C@]23c4c5ccc(O)c4O[C@H]2C(OC(=O)[C@H](O)c2ccccc2)=CC[C@@]3(O)[C@H]1C5. The van der Waals surface area contributed by atoms with Gasteiger partial charge in [-0.25, -0.2) is 4.79 Å². The molecule has 0 amide bonds. The lowest BCUT2D eigenvalue weighted by atomic mass is 9.50. The number of esters is 1. The van der Waals surface area contributed by atoms with Gasteiger partial charge in [0.25, 0.3) is 0 Å². The van der Waals surface area contributed by atoms with Crippen LogP contribution in [0.15, 0.2) is 54.3 Å². The summed E-state index contributed by atoms with van der Waals surface area (Å²) in [5, 5.41) is 33.1. The fourth-order valence-electron chi connectivity index (χ4n) is 6.38. The molecule has 2 aliphatic carbocycles. The highest BCUT2D eigenvalue weighted by Gasteiger charge is 2.72. The second-order valence-electron chi connectivity index (χ2n) is 9.34. The zero-order valence-electron chi connectivity index (χ0n) is 17.7. The normalized spacial score (nSPS) is 33.0. The predicted octanol–water partition coefficient (Wildman–Crippen LogP) is 1.95. The van der Waals surface area contributed by atoms with Crippen LogP contribution in [-0.2, 0) is 21.4 Å². The molecule has 0 unspecified atom stereocenters. The average molecular weight is 435 g/mol. The number of nitrogens with zero attached hydrogens (tertiary/aromatic N) is 1. The summed E-state index contributed by atoms with van der Waals surface area (Å²) in [6, 6.07) is 12.0. The number of rotatable bonds is 3. The Balaban J connectivity index is 1.43. The Hall–Kier alpha value is -2.87. The number of likely N-dealkylation sites (N-methyl/N-ethyl adjacent to an activating group) is 1. The molecule has 0 aromatic heterocycles. The highest BCUT2D eigenvalue weighted by molar-refractivity contribution is 5.77. The molecule has 166 valence electrons. The van der Waals surface area contributed by atoms with Crippen LogP contribution in [-0.4, -0.2) is 57.5 Å². The smallest absolute Gasteiger partial charge is 0.344 e. The molecule has 2 aromatic rings. The fourth-order valence-corrected chi connectivity index (χ4v) is 6.38. The van der Waals surface area contributed by atoms with E-state index < -0.39 is 29.2 Å². The van der Waals surface area contributed by atoms with Crippen molar-refractivity contribution in [3.8, 4) is 11.5 Å². The van der Waals surface area contributed by atoms with Crippen LogP contribution in [0.4, 0.5) is 0 Å². The number of hydrogen-bond acceptors (Lipinski definition) is 7. The second kappa shape index (κ2) is 6.57. The second-order valence-corrected chi connectivity index (χ2v) is 9.34. The maximum absolute atomic E-state index is 12.8. The van der Waals surface area contributed by atoms with Gasteiger partial charge in [-0.05, 0) is 49.7 Å². The van der Waals surface area contributed by atoms with Gasteiger partial charge < -0.3 is 29.7 Å². The Bertz CT molecular complexity index is 1150. The molecule has 1 spiro atoms. The number of phenolic OH excluding ortho intramolecular Hbond substituents is 1. The molecular weight excluding hydrogens is 410 g/mol. The van der Waals surface area contributed by atoms with Gasteiger partial charge in [-0.2, -0.15) is 0 Å². The van der Waals surface area contributed by atoms with Gasteiger partial charge in [-0.15, -0.1) is 0 Å². The van der Waals surface area contributed by atoms with Crippen molar-refractivity contribution in [3.05, 3.63) is 71.0 Å². The first-order valence-corrected chi connectivity index (χ1v) is 11.0. The van der Waals surface area contributed by atoms with E-state index >= 15 is 0 Å². The van der Waals surface area contributed by atoms with Gasteiger partial charge in [0.05, 0.1) is 11.0 Å². The molecule has 1 saturated heterocycles. The molecule has 32 heavy (non-hydrogen) atoms. The summed E-state index contributed by atoms with van der Waals surface area (Å²) >= 11 is 0. The molecule has 7 nitrogen and oxygen atoms in total. The van der Waals surface area contributed by atoms with E-state index in [0.29, 0.717) is 30.6 Å². The van der Waals surface area contributed by atoms with Gasteiger partial charge in [-0.1, -0.05) is 36.4 Å². The van der Waals surface area contributed by atoms with Crippen LogP contribution in [0.2, 0.25) is 0 Å². The highest BCUT2D eigenvalue weighted by Crippen LogP contribution is 2.65. The molecule has 7 heteroatoms. The lowest BCUT2D eigenvalue weighted by molar-refractivity contribution is -0.172. The highest BCUT2D eigenvalue weighted by atomic mass is 16.6. The molecule has 5 atom stereocenters. The number of piperidine rings is 1. The third-order valence-corrected chi connectivity index (χ3v) is 7.91. The number of benzene rings is 2. The van der Waals surface area contributed by atoms with Crippen LogP contribution >= 0.6 is 0 Å². The van der Waals surface area contributed by atoms with Crippen molar-refractivity contribution in [2.75, 3.05) is 13.6 Å². The summed E-state index contributed by atoms with van der Waals surface area (Å²) in [7, 11) is 2.02. The minimum absolute atomic E-state index is 0.0160. The van der Waals surface area contributed by atoms with Crippen molar-refractivity contribution in [1.29, 1.82) is 0 Å². The Kier molecular flexibility index (Phi) is 4.06. The molecule has 2 bridgehead atoms. The van der Waals surface area contributed by atoms with E-state index in [1.165, 1.54) is 0 Å². The van der Waals surface area contributed by atoms with Crippen LogP contribution < -0.4 is 4.74 Å². The number of aliphatic hydroxyl groups is 2. The summed E-state index contributed by atoms with van der Waals surface area (Å²) in [5.41, 5.74) is 0.368. The van der Waals surface area contributed by atoms with Crippen molar-refractivity contribution in [1.82, 2.24) is 4.90 Å². The number of aliphatic hydroxyl groups excluding tert-OH is 1. The average Bonchev–Trinajstić information content (AvgIpc) is 3.16. The van der Waals surface area contributed by atoms with Crippen LogP contribution in [0.3, 0.4) is 0 Å². The Morgan fingerprint density at radius 3 is 2.81 bits per heavy atom. The number of hydrogen-bond donors (Lipinski definition) is 3. The molecule has 6 rings (SSSR count). The standard InChI is InChI=1S/C25H25NO6/c1-26-12-11-24-19-15-7-8-16(27)21(19)32-22(24)17(9-10-25(24,30)18(26)13-15)31-23(29)20(28)14-5-3-2-4-6-14/h2-9,18,20,22,27-28,30H,10-13H2,1H3/t18-,20-,22+,24+,25-/m1/s1. The minimum atomic E-state index is -1.43. The summed E-state index contributed by atoms with van der Waals surface area (Å²) < 4.78 is 12.0. The zero-order chi connectivity index (χ0) is 22.3. The summed E-state index contributed by atoms with van der Waals surface area (Å²) in [6.45, 7) is 0.745. The first-order chi connectivity index (χ1) is 15.4. The predicted molar refractivity (Wildman–Crippen MR) is 114 cm³/mol. The Labute approximate surface area is 185 Å². The first kappa shape index (κ1) is 19.8. The summed E-state index contributed by atoms with van der Waals surface area (Å²) in [6.07, 6.45) is 1.06. The molecular formula is C25H25NO6. The van der Waals surface area contributed by atoms with E-state index in [1.54, 1.807) is 42.5 Å². The monoisotopic (exact) mass is 435 g/mol. The number of ether oxygens (including phenoxy) is 2. The van der Waals surface area contributed by atoms with Gasteiger partial charge in [0, 0.05) is 18.0 Å². The summed E-state index contributed by atoms with van der Waals surface area (Å²) in [5.74, 6) is -0.140. The molecule has 4 aliphatic rings. The third-order valence-electron chi connectivity index (χ3n) is 7.91. The third kappa shape index (κ3) is 2.33. The molecule has 2 aromatic carbocycles. The van der Waals surface area contributed by atoms with E-state index in [1.807, 2.05) is 13.1 Å². The van der Waals surface area contributed by atoms with E-state index in [-0.39, 0.29) is 17.6 Å². The molecule has 0 saturated carbocycles. The van der Waals surface area contributed by atoms with Crippen molar-refractivity contribution in [2.45, 2.75) is 48.5 Å². The van der Waals surface area contributed by atoms with Crippen LogP contribution in [0, 0.1) is 0 Å². The number of carbonyl (C=O) groups excluding carboxylic acids is 1. The number of phenols is 1. The maximum Gasteiger partial charge on any atom is 0.344 e. The van der Waals surface area contributed by atoms with Crippen LogP contribution in [0.5, 0.6) is 11.5 Å². The van der Waals surface area contributed by atoms with E-state index in [0.717, 1.165) is 17.7 Å². The molecule has 0 radical (unpaired) electrons. The van der Waals surface area contributed by atoms with Gasteiger partial charge in [0.1, 0.15) is 5.76 Å². The summed E-state index contributed by atoms with van der Waals surface area (Å²) in [4.78, 5) is 15.0. The fraction of sp³-hybridized carbons (Fsp3) is 0.400. The first-order valence-electron chi connectivity index (χ1n) is 11.0. The largest absolute Gasteiger partial charge is 0.504 e. The lowest BCUT2D eigenvalue weighted by Crippen LogP contribution is -2.74. The van der Waals surface area contributed by atoms with Crippen molar-refractivity contribution >= 4 is 5.97 Å². The quantitative estimate of drug-likeness (QED) is 0.634. The molecule has 2 aliphatic heterocycles. The van der Waals surface area contributed by atoms with Gasteiger partial charge >= 0.3 is 5.97 Å². The van der Waals surface area contributed by atoms with Gasteiger partial charge in [-0.3, -0.25) is 0 Å². The molecule has 1 fully saturated rings. The lowest BCUT2D eigenvalue weighted by Gasteiger charge is -2.61. The van der Waals surface area contributed by atoms with Crippen molar-refractivity contribution < 1.29 is 29.6 Å². The molecule has 3 N–H and O–H groups in total. The van der Waals surface area contributed by atoms with Gasteiger partial charge in [0.15, 0.2) is 23.7 Å². The zero-order valence-corrected chi connectivity index (χ0v) is 17.7. The minimum Gasteiger partial charge on any atom is -0.504 e. The van der Waals surface area contributed by atoms with E-state index in [4.69, 9.17) is 9.47 Å². The van der Waals surface area contributed by atoms with Crippen LogP contribution in [0.1, 0.15) is 35.6 Å². The maximum atomic E-state index is 12.8. The number of likely N-dealkylation sites (tertiary alicyclic amines) is 1. The topological polar surface area (TPSA) is 99.5 Å². The molecule has 2 heterocycles. The Morgan fingerprint density at radius 2 is 2.03 bits per heavy atom. The van der Waals surface area contributed by atoms with E-state index in [2.05, 4.69) is 4.90 Å². The number of aromatic hydroxyl groups is 1. The Morgan fingerprint density at radius 1 is 1.25 bits per heavy atom.